The summed E-state index contributed by atoms with van der Waals surface area (Å²) < 4.78 is 13.1. The van der Waals surface area contributed by atoms with Gasteiger partial charge in [-0.3, -0.25) is 14.5 Å². The maximum absolute atomic E-state index is 13.1. The van der Waals surface area contributed by atoms with Crippen LogP contribution >= 0.6 is 0 Å². The first-order valence-electron chi connectivity index (χ1n) is 6.68. The second-order valence-electron chi connectivity index (χ2n) is 5.13. The highest BCUT2D eigenvalue weighted by Crippen LogP contribution is 2.33. The van der Waals surface area contributed by atoms with Gasteiger partial charge in [0.1, 0.15) is 0 Å². The zero-order chi connectivity index (χ0) is 13.8. The van der Waals surface area contributed by atoms with Crippen LogP contribution in [0.1, 0.15) is 24.8 Å². The lowest BCUT2D eigenvalue weighted by molar-refractivity contribution is -0.384. The summed E-state index contributed by atoms with van der Waals surface area (Å²) in [5.74, 6) is 0.158. The Bertz CT molecular complexity index is 436. The van der Waals surface area contributed by atoms with Gasteiger partial charge in [0.05, 0.1) is 11.6 Å². The molecule has 0 aromatic heterocycles. The molecule has 4 nitrogen and oxygen atoms in total. The molecule has 1 aromatic rings. The van der Waals surface area contributed by atoms with Crippen LogP contribution in [0.25, 0.3) is 0 Å². The zero-order valence-electron chi connectivity index (χ0n) is 11.1. The minimum atomic E-state index is -0.408. The SMILES string of the molecule is CCCN1CC(CF)C(c2ccc([N+](=O)[O-])cc2)C1. The minimum absolute atomic E-state index is 0.00741. The van der Waals surface area contributed by atoms with Crippen LogP contribution < -0.4 is 0 Å². The predicted octanol–water partition coefficient (Wildman–Crippen LogP) is 2.99. The van der Waals surface area contributed by atoms with E-state index in [4.69, 9.17) is 0 Å². The smallest absolute Gasteiger partial charge is 0.269 e. The van der Waals surface area contributed by atoms with Gasteiger partial charge < -0.3 is 4.90 Å². The summed E-state index contributed by atoms with van der Waals surface area (Å²) in [7, 11) is 0. The van der Waals surface area contributed by atoms with E-state index in [9.17, 15) is 14.5 Å². The second kappa shape index (κ2) is 6.10. The minimum Gasteiger partial charge on any atom is -0.302 e. The van der Waals surface area contributed by atoms with Crippen molar-refractivity contribution in [1.82, 2.24) is 4.90 Å². The molecule has 1 fully saturated rings. The summed E-state index contributed by atoms with van der Waals surface area (Å²) in [5, 5.41) is 10.6. The summed E-state index contributed by atoms with van der Waals surface area (Å²) >= 11 is 0. The number of hydrogen-bond acceptors (Lipinski definition) is 3. The fourth-order valence-electron chi connectivity index (χ4n) is 2.84. The first kappa shape index (κ1) is 13.9. The molecule has 2 unspecified atom stereocenters. The van der Waals surface area contributed by atoms with Gasteiger partial charge in [0, 0.05) is 37.1 Å². The topological polar surface area (TPSA) is 46.4 Å². The normalized spacial score (nSPS) is 23.7. The van der Waals surface area contributed by atoms with E-state index in [1.807, 2.05) is 0 Å². The van der Waals surface area contributed by atoms with Crippen molar-refractivity contribution in [2.45, 2.75) is 19.3 Å². The van der Waals surface area contributed by atoms with Crippen molar-refractivity contribution in [2.24, 2.45) is 5.92 Å². The van der Waals surface area contributed by atoms with Gasteiger partial charge in [-0.1, -0.05) is 19.1 Å². The summed E-state index contributed by atoms with van der Waals surface area (Å²) in [5.41, 5.74) is 1.09. The van der Waals surface area contributed by atoms with E-state index in [1.165, 1.54) is 12.1 Å². The number of nitrogens with zero attached hydrogens (tertiary/aromatic N) is 2. The van der Waals surface area contributed by atoms with Crippen LogP contribution in [-0.4, -0.2) is 36.1 Å². The van der Waals surface area contributed by atoms with Crippen molar-refractivity contribution in [3.63, 3.8) is 0 Å². The van der Waals surface area contributed by atoms with Crippen molar-refractivity contribution >= 4 is 5.69 Å². The largest absolute Gasteiger partial charge is 0.302 e. The predicted molar refractivity (Wildman–Crippen MR) is 72.0 cm³/mol. The Morgan fingerprint density at radius 2 is 2.05 bits per heavy atom. The Balaban J connectivity index is 2.13. The number of rotatable bonds is 5. The molecule has 19 heavy (non-hydrogen) atoms. The number of nitro groups is 1. The van der Waals surface area contributed by atoms with Crippen LogP contribution in [0.5, 0.6) is 0 Å². The van der Waals surface area contributed by atoms with Gasteiger partial charge in [0.25, 0.3) is 5.69 Å². The molecule has 2 atom stereocenters. The number of alkyl halides is 1. The van der Waals surface area contributed by atoms with Crippen LogP contribution in [0.4, 0.5) is 10.1 Å². The van der Waals surface area contributed by atoms with Gasteiger partial charge in [-0.05, 0) is 18.5 Å². The molecule has 1 heterocycles. The highest BCUT2D eigenvalue weighted by atomic mass is 19.1. The fraction of sp³-hybridized carbons (Fsp3) is 0.571. The standard InChI is InChI=1S/C14H19FN2O2/c1-2-7-16-9-12(8-15)14(10-16)11-3-5-13(6-4-11)17(18)19/h3-6,12,14H,2,7-10H2,1H3. The molecule has 1 aromatic carbocycles. The molecule has 0 saturated carbocycles. The molecule has 104 valence electrons. The van der Waals surface area contributed by atoms with Crippen molar-refractivity contribution in [1.29, 1.82) is 0 Å². The molecule has 5 heteroatoms. The number of non-ortho nitro benzene ring substituents is 1. The van der Waals surface area contributed by atoms with Crippen LogP contribution in [-0.2, 0) is 0 Å². The molecule has 0 radical (unpaired) electrons. The number of halogens is 1. The molecule has 2 rings (SSSR count). The molecule has 1 saturated heterocycles. The van der Waals surface area contributed by atoms with Gasteiger partial charge in [-0.15, -0.1) is 0 Å². The molecule has 0 aliphatic carbocycles. The van der Waals surface area contributed by atoms with Crippen LogP contribution in [0.15, 0.2) is 24.3 Å². The highest BCUT2D eigenvalue weighted by molar-refractivity contribution is 5.35. The summed E-state index contributed by atoms with van der Waals surface area (Å²) in [6, 6.07) is 6.54. The van der Waals surface area contributed by atoms with E-state index in [2.05, 4.69) is 11.8 Å². The number of likely N-dealkylation sites (tertiary alicyclic amines) is 1. The van der Waals surface area contributed by atoms with Crippen LogP contribution in [0.2, 0.25) is 0 Å². The van der Waals surface area contributed by atoms with Crippen molar-refractivity contribution < 1.29 is 9.31 Å². The molecule has 0 bridgehead atoms. The lowest BCUT2D eigenvalue weighted by atomic mass is 9.90. The van der Waals surface area contributed by atoms with Crippen LogP contribution in [0, 0.1) is 16.0 Å². The van der Waals surface area contributed by atoms with Crippen LogP contribution in [0.3, 0.4) is 0 Å². The average molecular weight is 266 g/mol. The molecular weight excluding hydrogens is 247 g/mol. The maximum Gasteiger partial charge on any atom is 0.269 e. The Kier molecular flexibility index (Phi) is 4.47. The van der Waals surface area contributed by atoms with E-state index in [0.29, 0.717) is 0 Å². The average Bonchev–Trinajstić information content (AvgIpc) is 2.82. The van der Waals surface area contributed by atoms with Gasteiger partial charge in [0.2, 0.25) is 0 Å². The Morgan fingerprint density at radius 1 is 1.37 bits per heavy atom. The van der Waals surface area contributed by atoms with Crippen molar-refractivity contribution in [3.05, 3.63) is 39.9 Å². The van der Waals surface area contributed by atoms with Gasteiger partial charge in [-0.25, -0.2) is 0 Å². The lowest BCUT2D eigenvalue weighted by Gasteiger charge is -2.15. The van der Waals surface area contributed by atoms with Crippen molar-refractivity contribution in [2.75, 3.05) is 26.3 Å². The molecule has 1 aliphatic heterocycles. The molecular formula is C14H19FN2O2. The van der Waals surface area contributed by atoms with E-state index < -0.39 is 4.92 Å². The van der Waals surface area contributed by atoms with E-state index in [-0.39, 0.29) is 24.2 Å². The molecule has 1 aliphatic rings. The number of hydrogen-bond donors (Lipinski definition) is 0. The molecule has 0 spiro atoms. The second-order valence-corrected chi connectivity index (χ2v) is 5.13. The van der Waals surface area contributed by atoms with Gasteiger partial charge in [-0.2, -0.15) is 0 Å². The summed E-state index contributed by atoms with van der Waals surface area (Å²) in [6.07, 6.45) is 1.06. The molecule has 0 amide bonds. The van der Waals surface area contributed by atoms with Gasteiger partial charge in [0.15, 0.2) is 0 Å². The summed E-state index contributed by atoms with van der Waals surface area (Å²) in [6.45, 7) is 4.40. The zero-order valence-corrected chi connectivity index (χ0v) is 11.1. The first-order valence-corrected chi connectivity index (χ1v) is 6.68. The maximum atomic E-state index is 13.1. The monoisotopic (exact) mass is 266 g/mol. The first-order chi connectivity index (χ1) is 9.15. The van der Waals surface area contributed by atoms with Crippen molar-refractivity contribution in [3.8, 4) is 0 Å². The highest BCUT2D eigenvalue weighted by Gasteiger charge is 2.33. The lowest BCUT2D eigenvalue weighted by Crippen LogP contribution is -2.21. The third kappa shape index (κ3) is 3.10. The van der Waals surface area contributed by atoms with E-state index in [1.54, 1.807) is 12.1 Å². The Labute approximate surface area is 112 Å². The molecule has 0 N–H and O–H groups in total. The Morgan fingerprint density at radius 3 is 2.58 bits per heavy atom. The quantitative estimate of drug-likeness (QED) is 0.608. The van der Waals surface area contributed by atoms with E-state index in [0.717, 1.165) is 31.6 Å². The fourth-order valence-corrected chi connectivity index (χ4v) is 2.84. The number of nitro benzene ring substituents is 1. The third-order valence-corrected chi connectivity index (χ3v) is 3.79. The Hall–Kier alpha value is -1.49. The summed E-state index contributed by atoms with van der Waals surface area (Å²) in [4.78, 5) is 12.5. The van der Waals surface area contributed by atoms with Gasteiger partial charge >= 0.3 is 0 Å². The third-order valence-electron chi connectivity index (χ3n) is 3.79. The number of benzene rings is 1. The van der Waals surface area contributed by atoms with E-state index >= 15 is 0 Å².